The number of hydrogen-bond donors (Lipinski definition) is 0. The number of rotatable bonds is 3. The third-order valence-corrected chi connectivity index (χ3v) is 5.49. The largest absolute Gasteiger partial charge is 0.416 e. The van der Waals surface area contributed by atoms with Crippen molar-refractivity contribution >= 4 is 39.9 Å². The number of anilines is 1. The summed E-state index contributed by atoms with van der Waals surface area (Å²) in [5.41, 5.74) is 0.861. The monoisotopic (exact) mass is 395 g/mol. The molecule has 134 valence electrons. The highest BCUT2D eigenvalue weighted by molar-refractivity contribution is 8.15. The van der Waals surface area contributed by atoms with E-state index in [9.17, 15) is 13.2 Å². The first-order chi connectivity index (χ1) is 12.4. The highest BCUT2D eigenvalue weighted by Crippen LogP contribution is 2.36. The van der Waals surface area contributed by atoms with Gasteiger partial charge < -0.3 is 4.90 Å². The van der Waals surface area contributed by atoms with E-state index in [0.717, 1.165) is 12.1 Å². The van der Waals surface area contributed by atoms with Gasteiger partial charge in [0.1, 0.15) is 0 Å². The van der Waals surface area contributed by atoms with Crippen LogP contribution in [0.25, 0.3) is 0 Å². The van der Waals surface area contributed by atoms with Crippen LogP contribution in [0.4, 0.5) is 24.5 Å². The third kappa shape index (κ3) is 4.14. The Kier molecular flexibility index (Phi) is 5.44. The fourth-order valence-electron chi connectivity index (χ4n) is 2.49. The molecule has 1 aliphatic rings. The van der Waals surface area contributed by atoms with Crippen LogP contribution in [-0.4, -0.2) is 22.8 Å². The lowest BCUT2D eigenvalue weighted by molar-refractivity contribution is -0.137. The molecule has 8 heteroatoms. The lowest BCUT2D eigenvalue weighted by Gasteiger charge is -2.19. The summed E-state index contributed by atoms with van der Waals surface area (Å²) in [5.74, 6) is 0.368. The molecule has 0 amide bonds. The Bertz CT molecular complexity index is 859. The van der Waals surface area contributed by atoms with Crippen LogP contribution in [0.3, 0.4) is 0 Å². The van der Waals surface area contributed by atoms with Gasteiger partial charge in [-0.3, -0.25) is 0 Å². The van der Waals surface area contributed by atoms with Gasteiger partial charge in [-0.25, -0.2) is 4.99 Å². The fraction of sp³-hybridized carbons (Fsp3) is 0.222. The second-order valence-corrected chi connectivity index (χ2v) is 7.18. The van der Waals surface area contributed by atoms with E-state index in [0.29, 0.717) is 34.5 Å². The first kappa shape index (κ1) is 18.6. The Morgan fingerprint density at radius 2 is 1.96 bits per heavy atom. The molecule has 1 saturated heterocycles. The van der Waals surface area contributed by atoms with Crippen LogP contribution < -0.4 is 4.90 Å². The number of benzene rings is 2. The summed E-state index contributed by atoms with van der Waals surface area (Å²) in [4.78, 5) is 6.28. The van der Waals surface area contributed by atoms with Crippen molar-refractivity contribution in [2.24, 2.45) is 4.99 Å². The van der Waals surface area contributed by atoms with Gasteiger partial charge in [0, 0.05) is 23.4 Å². The Morgan fingerprint density at radius 1 is 1.23 bits per heavy atom. The zero-order valence-electron chi connectivity index (χ0n) is 13.4. The molecule has 1 unspecified atom stereocenters. The van der Waals surface area contributed by atoms with Crippen molar-refractivity contribution in [3.8, 4) is 6.07 Å². The Morgan fingerprint density at radius 3 is 2.58 bits per heavy atom. The van der Waals surface area contributed by atoms with Gasteiger partial charge in [0.2, 0.25) is 0 Å². The smallest absolute Gasteiger partial charge is 0.320 e. The van der Waals surface area contributed by atoms with Crippen molar-refractivity contribution < 1.29 is 13.2 Å². The van der Waals surface area contributed by atoms with Gasteiger partial charge in [0.25, 0.3) is 0 Å². The van der Waals surface area contributed by atoms with Gasteiger partial charge in [-0.2, -0.15) is 18.4 Å². The van der Waals surface area contributed by atoms with Gasteiger partial charge in [-0.05, 0) is 42.5 Å². The average molecular weight is 396 g/mol. The summed E-state index contributed by atoms with van der Waals surface area (Å²) in [6.07, 6.45) is -4.40. The quantitative estimate of drug-likeness (QED) is 0.651. The minimum atomic E-state index is -4.40. The van der Waals surface area contributed by atoms with Crippen molar-refractivity contribution in [3.63, 3.8) is 0 Å². The van der Waals surface area contributed by atoms with E-state index < -0.39 is 11.7 Å². The Hall–Kier alpha value is -2.17. The highest BCUT2D eigenvalue weighted by atomic mass is 35.5. The molecule has 0 saturated carbocycles. The molecule has 1 fully saturated rings. The molecule has 0 spiro atoms. The van der Waals surface area contributed by atoms with E-state index in [4.69, 9.17) is 16.9 Å². The topological polar surface area (TPSA) is 39.4 Å². The van der Waals surface area contributed by atoms with E-state index in [-0.39, 0.29) is 5.25 Å². The Balaban J connectivity index is 1.95. The number of hydrogen-bond acceptors (Lipinski definition) is 3. The van der Waals surface area contributed by atoms with Crippen LogP contribution in [0.1, 0.15) is 11.1 Å². The summed E-state index contributed by atoms with van der Waals surface area (Å²) in [5, 5.41) is 9.47. The SMILES string of the molecule is N#Cc1ccc(N=C2SC(CCl)CN2c2cccc(C(F)(F)F)c2)cc1. The van der Waals surface area contributed by atoms with E-state index in [1.54, 1.807) is 35.2 Å². The standard InChI is InChI=1S/C18H13ClF3N3S/c19-9-16-11-25(15-3-1-2-13(8-15)18(20,21)22)17(26-16)24-14-6-4-12(10-23)5-7-14/h1-8,16H,9,11H2. The molecule has 26 heavy (non-hydrogen) atoms. The average Bonchev–Trinajstić information content (AvgIpc) is 3.05. The van der Waals surface area contributed by atoms with Crippen LogP contribution in [0.15, 0.2) is 53.5 Å². The molecule has 3 nitrogen and oxygen atoms in total. The Labute approximate surface area is 158 Å². The number of nitriles is 1. The zero-order valence-corrected chi connectivity index (χ0v) is 14.9. The van der Waals surface area contributed by atoms with Crippen LogP contribution in [0.2, 0.25) is 0 Å². The van der Waals surface area contributed by atoms with Crippen molar-refractivity contribution in [2.75, 3.05) is 17.3 Å². The molecule has 3 rings (SSSR count). The van der Waals surface area contributed by atoms with Crippen LogP contribution in [0.5, 0.6) is 0 Å². The predicted molar refractivity (Wildman–Crippen MR) is 99.1 cm³/mol. The predicted octanol–water partition coefficient (Wildman–Crippen LogP) is 5.43. The number of nitrogens with zero attached hydrogens (tertiary/aromatic N) is 3. The minimum absolute atomic E-state index is 0.0309. The maximum absolute atomic E-state index is 13.0. The summed E-state index contributed by atoms with van der Waals surface area (Å²) in [6.45, 7) is 0.477. The van der Waals surface area contributed by atoms with Crippen molar-refractivity contribution in [1.29, 1.82) is 5.26 Å². The molecule has 0 radical (unpaired) electrons. The van der Waals surface area contributed by atoms with Gasteiger partial charge in [-0.15, -0.1) is 11.6 Å². The van der Waals surface area contributed by atoms with Gasteiger partial charge >= 0.3 is 6.18 Å². The summed E-state index contributed by atoms with van der Waals surface area (Å²) < 4.78 is 39.0. The maximum Gasteiger partial charge on any atom is 0.416 e. The van der Waals surface area contributed by atoms with Gasteiger partial charge in [-0.1, -0.05) is 17.8 Å². The molecule has 1 atom stereocenters. The third-order valence-electron chi connectivity index (χ3n) is 3.77. The maximum atomic E-state index is 13.0. The second-order valence-electron chi connectivity index (χ2n) is 5.61. The van der Waals surface area contributed by atoms with E-state index >= 15 is 0 Å². The van der Waals surface area contributed by atoms with Crippen LogP contribution in [-0.2, 0) is 6.18 Å². The fourth-order valence-corrected chi connectivity index (χ4v) is 3.82. The zero-order chi connectivity index (χ0) is 18.7. The lowest BCUT2D eigenvalue weighted by Crippen LogP contribution is -2.26. The number of thioether (sulfide) groups is 1. The summed E-state index contributed by atoms with van der Waals surface area (Å²) in [6, 6.07) is 13.9. The lowest BCUT2D eigenvalue weighted by atomic mass is 10.2. The number of aliphatic imine (C=N–C) groups is 1. The number of amidine groups is 1. The van der Waals surface area contributed by atoms with E-state index in [1.165, 1.54) is 17.8 Å². The second kappa shape index (κ2) is 7.60. The van der Waals surface area contributed by atoms with Crippen LogP contribution >= 0.6 is 23.4 Å². The first-order valence-electron chi connectivity index (χ1n) is 7.67. The minimum Gasteiger partial charge on any atom is -0.320 e. The molecule has 2 aromatic rings. The molecule has 0 bridgehead atoms. The molecule has 1 heterocycles. The number of alkyl halides is 4. The van der Waals surface area contributed by atoms with Crippen molar-refractivity contribution in [3.05, 3.63) is 59.7 Å². The van der Waals surface area contributed by atoms with Crippen molar-refractivity contribution in [1.82, 2.24) is 0 Å². The van der Waals surface area contributed by atoms with Crippen molar-refractivity contribution in [2.45, 2.75) is 11.4 Å². The summed E-state index contributed by atoms with van der Waals surface area (Å²) >= 11 is 7.38. The molecule has 1 aliphatic heterocycles. The molecular weight excluding hydrogens is 383 g/mol. The molecule has 0 aromatic heterocycles. The molecule has 0 N–H and O–H groups in total. The van der Waals surface area contributed by atoms with Gasteiger partial charge in [0.15, 0.2) is 5.17 Å². The number of halogens is 4. The van der Waals surface area contributed by atoms with E-state index in [2.05, 4.69) is 4.99 Å². The normalized spacial score (nSPS) is 19.0. The molecular formula is C18H13ClF3N3S. The van der Waals surface area contributed by atoms with Crippen LogP contribution in [0, 0.1) is 11.3 Å². The molecule has 2 aromatic carbocycles. The summed E-state index contributed by atoms with van der Waals surface area (Å²) in [7, 11) is 0. The van der Waals surface area contributed by atoms with E-state index in [1.807, 2.05) is 6.07 Å². The van der Waals surface area contributed by atoms with Gasteiger partial charge in [0.05, 0.1) is 22.9 Å². The molecule has 0 aliphatic carbocycles. The first-order valence-corrected chi connectivity index (χ1v) is 9.08. The highest BCUT2D eigenvalue weighted by Gasteiger charge is 2.33.